The molecule has 4 aliphatic rings. The lowest BCUT2D eigenvalue weighted by Crippen LogP contribution is -2.71. The minimum absolute atomic E-state index is 0.0202. The predicted octanol–water partition coefficient (Wildman–Crippen LogP) is 12.3. The van der Waals surface area contributed by atoms with Crippen LogP contribution in [-0.4, -0.2) is 89.1 Å². The fourth-order valence-corrected chi connectivity index (χ4v) is 14.4. The molecule has 0 saturated carbocycles. The molecule has 0 radical (unpaired) electrons. The van der Waals surface area contributed by atoms with Gasteiger partial charge in [0.25, 0.3) is 11.8 Å². The molecule has 0 bridgehead atoms. The number of β-lactam (4-membered cyclic amide) rings is 1. The molecule has 92 heavy (non-hydrogen) atoms. The van der Waals surface area contributed by atoms with E-state index in [-0.39, 0.29) is 28.5 Å². The van der Waals surface area contributed by atoms with Gasteiger partial charge in [-0.3, -0.25) is 19.5 Å². The first-order chi connectivity index (χ1) is 45.1. The van der Waals surface area contributed by atoms with Gasteiger partial charge in [0.05, 0.1) is 16.8 Å². The van der Waals surface area contributed by atoms with E-state index in [0.717, 1.165) is 27.8 Å². The molecular weight excluding hydrogens is 1220 g/mol. The number of allylic oxidation sites excluding steroid dienone is 1. The number of hydrogen-bond acceptors (Lipinski definition) is 18. The highest BCUT2D eigenvalue weighted by molar-refractivity contribution is 8.03. The summed E-state index contributed by atoms with van der Waals surface area (Å²) in [5, 5.41) is 15.5. The molecule has 0 unspecified atom stereocenters. The molecule has 18 nitrogen and oxygen atoms in total. The monoisotopic (exact) mass is 1270 g/mol. The Morgan fingerprint density at radius 1 is 0.696 bits per heavy atom. The predicted molar refractivity (Wildman–Crippen MR) is 354 cm³/mol. The van der Waals surface area contributed by atoms with Crippen LogP contribution in [0.1, 0.15) is 74.1 Å². The molecule has 6 heterocycles. The number of benzene rings is 7. The second kappa shape index (κ2) is 27.2. The molecule has 2 atom stereocenters. The van der Waals surface area contributed by atoms with Gasteiger partial charge >= 0.3 is 18.0 Å². The molecule has 456 valence electrons. The summed E-state index contributed by atoms with van der Waals surface area (Å²) in [6.45, 7) is 1.84. The fraction of sp³-hybridized carbons (Fsp3) is 0.113. The van der Waals surface area contributed by atoms with Crippen LogP contribution in [0.3, 0.4) is 0 Å². The van der Waals surface area contributed by atoms with Crippen LogP contribution in [0.25, 0.3) is 0 Å². The lowest BCUT2D eigenvalue weighted by Gasteiger charge is -2.49. The Bertz CT molecular complexity index is 4160. The van der Waals surface area contributed by atoms with E-state index in [1.807, 2.05) is 225 Å². The van der Waals surface area contributed by atoms with E-state index in [9.17, 15) is 9.59 Å². The van der Waals surface area contributed by atoms with Crippen molar-refractivity contribution in [1.29, 1.82) is 0 Å². The zero-order valence-electron chi connectivity index (χ0n) is 49.1. The molecule has 0 aliphatic carbocycles. The summed E-state index contributed by atoms with van der Waals surface area (Å²) in [7, 11) is 0. The van der Waals surface area contributed by atoms with Crippen LogP contribution in [0.5, 0.6) is 0 Å². The van der Waals surface area contributed by atoms with Gasteiger partial charge in [0.15, 0.2) is 28.9 Å². The number of rotatable bonds is 20. The first-order valence-corrected chi connectivity index (χ1v) is 32.2. The average molecular weight is 1270 g/mol. The van der Waals surface area contributed by atoms with Crippen LogP contribution in [0.4, 0.5) is 9.93 Å². The zero-order chi connectivity index (χ0) is 63.0. The highest BCUT2D eigenvalue weighted by Crippen LogP contribution is 2.45. The molecule has 0 spiro atoms. The van der Waals surface area contributed by atoms with Crippen molar-refractivity contribution >= 4 is 81.3 Å². The standard InChI is InChI=1S/C71H56N10O8S3/c1-46-40-58(81-57(73-46)42-79(78-81)70(86)88-63(49-28-13-4-14-29-49)50-30-15-5-16-31-50)90-43-52-44-91-66-60(65(83)80(66)61(52)68(85)87-62(47-24-9-2-10-25-47)48-26-11-3-12-27-48)75-64(82)59(77-89-67(84)51-32-23-39-72-41-51)56-45-92-69(74-56)76-71(53-33-17-6-18-34-53,54-35-19-7-20-36-54)55-37-21-8-22-38-55/h2-42,45,60,62-63,66,78H,43-44H2,1H3,(H,74,76)(H,75,82)/t60-,66-/m1/s1. The number of thioether (sulfide) groups is 2. The molecule has 1 fully saturated rings. The van der Waals surface area contributed by atoms with Crippen LogP contribution in [0.15, 0.2) is 287 Å². The number of aliphatic imine (C=N–C) groups is 1. The molecule has 1 saturated heterocycles. The number of ether oxygens (including phenoxy) is 2. The Morgan fingerprint density at radius 3 is 1.76 bits per heavy atom. The van der Waals surface area contributed by atoms with E-state index in [2.05, 4.69) is 26.3 Å². The van der Waals surface area contributed by atoms with Gasteiger partial charge in [0.1, 0.15) is 28.3 Å². The van der Waals surface area contributed by atoms with Gasteiger partial charge in [-0.05, 0) is 69.6 Å². The number of aromatic nitrogens is 2. The molecule has 21 heteroatoms. The topological polar surface area (TPSA) is 209 Å². The van der Waals surface area contributed by atoms with Gasteiger partial charge < -0.3 is 24.9 Å². The van der Waals surface area contributed by atoms with Gasteiger partial charge in [-0.15, -0.1) is 40.4 Å². The Hall–Kier alpha value is -10.7. The van der Waals surface area contributed by atoms with E-state index in [4.69, 9.17) is 24.3 Å². The number of carbonyl (C=O) groups excluding carboxylic acids is 5. The van der Waals surface area contributed by atoms with Crippen LogP contribution in [0.2, 0.25) is 0 Å². The van der Waals surface area contributed by atoms with Gasteiger partial charge in [0, 0.05) is 35.0 Å². The van der Waals surface area contributed by atoms with E-state index in [0.29, 0.717) is 38.4 Å². The highest BCUT2D eigenvalue weighted by Gasteiger charge is 2.55. The van der Waals surface area contributed by atoms with Crippen molar-refractivity contribution in [2.75, 3.05) is 16.8 Å². The third kappa shape index (κ3) is 12.6. The minimum atomic E-state index is -1.20. The molecule has 9 aromatic rings. The zero-order valence-corrected chi connectivity index (χ0v) is 51.5. The number of thiazole rings is 1. The highest BCUT2D eigenvalue weighted by atomic mass is 32.2. The summed E-state index contributed by atoms with van der Waals surface area (Å²) in [6, 6.07) is 69.3. The van der Waals surface area contributed by atoms with E-state index in [1.54, 1.807) is 22.7 Å². The lowest BCUT2D eigenvalue weighted by atomic mass is 9.77. The van der Waals surface area contributed by atoms with Gasteiger partial charge in [-0.25, -0.2) is 29.4 Å². The summed E-state index contributed by atoms with van der Waals surface area (Å²) in [5.74, 6) is -2.31. The number of hydrazine groups is 2. The smallest absolute Gasteiger partial charge is 0.431 e. The van der Waals surface area contributed by atoms with Crippen molar-refractivity contribution < 1.29 is 38.3 Å². The van der Waals surface area contributed by atoms with Gasteiger partial charge in [-0.2, -0.15) is 5.01 Å². The number of nitrogens with zero attached hydrogens (tertiary/aromatic N) is 7. The number of nitrogens with one attached hydrogen (secondary N) is 3. The Morgan fingerprint density at radius 2 is 1.23 bits per heavy atom. The van der Waals surface area contributed by atoms with Crippen molar-refractivity contribution in [3.63, 3.8) is 0 Å². The minimum Gasteiger partial charge on any atom is -0.448 e. The fourth-order valence-electron chi connectivity index (χ4n) is 11.1. The lowest BCUT2D eigenvalue weighted by molar-refractivity contribution is -0.154. The number of pyridine rings is 1. The van der Waals surface area contributed by atoms with E-state index < -0.39 is 64.7 Å². The number of anilines is 1. The SMILES string of the molecule is CC1=NC2=CN(C(=O)OC(c3ccccc3)c3ccccc3)NN2C(SCC2=C(C(=O)OC(c3ccccc3)c3ccccc3)N3C(=O)[C@@H](NC(=O)C(=NOC(=O)c4cccnc4)c4csc(NC(c5ccccc5)(c5ccccc5)c5ccccc5)n4)[C@H]3SC2)=C1. The van der Waals surface area contributed by atoms with Crippen molar-refractivity contribution in [3.8, 4) is 0 Å². The molecular formula is C71H56N10O8S3. The summed E-state index contributed by atoms with van der Waals surface area (Å²) < 4.78 is 12.7. The molecule has 3 N–H and O–H groups in total. The van der Waals surface area contributed by atoms with Crippen molar-refractivity contribution in [2.24, 2.45) is 10.1 Å². The largest absolute Gasteiger partial charge is 0.448 e. The summed E-state index contributed by atoms with van der Waals surface area (Å²) in [5.41, 5.74) is 8.81. The molecule has 7 aromatic carbocycles. The first-order valence-electron chi connectivity index (χ1n) is 29.3. The number of oxime groups is 1. The summed E-state index contributed by atoms with van der Waals surface area (Å²) in [6.07, 6.45) is 3.95. The second-order valence-corrected chi connectivity index (χ2v) is 24.4. The van der Waals surface area contributed by atoms with Crippen molar-refractivity contribution in [1.82, 2.24) is 35.7 Å². The molecule has 2 aromatic heterocycles. The number of fused-ring (bicyclic) bond motifs is 2. The molecule has 13 rings (SSSR count). The van der Waals surface area contributed by atoms with Crippen LogP contribution in [0, 0.1) is 0 Å². The summed E-state index contributed by atoms with van der Waals surface area (Å²) in [4.78, 5) is 93.4. The summed E-state index contributed by atoms with van der Waals surface area (Å²) >= 11 is 3.91. The van der Waals surface area contributed by atoms with Crippen LogP contribution in [-0.2, 0) is 34.2 Å². The maximum atomic E-state index is 15.3. The number of hydrogen-bond donors (Lipinski definition) is 3. The third-order valence-corrected chi connectivity index (χ3v) is 18.7. The second-order valence-electron chi connectivity index (χ2n) is 21.4. The third-order valence-electron chi connectivity index (χ3n) is 15.5. The van der Waals surface area contributed by atoms with Crippen molar-refractivity contribution in [2.45, 2.75) is 36.1 Å². The normalized spacial score (nSPS) is 16.2. The van der Waals surface area contributed by atoms with E-state index >= 15 is 14.4 Å². The average Bonchev–Trinajstić information content (AvgIpc) is 0.918. The maximum Gasteiger partial charge on any atom is 0.431 e. The molecule has 3 amide bonds. The first kappa shape index (κ1) is 60.2. The van der Waals surface area contributed by atoms with Gasteiger partial charge in [0.2, 0.25) is 0 Å². The number of esters is 1. The Kier molecular flexibility index (Phi) is 17.8. The van der Waals surface area contributed by atoms with Crippen LogP contribution < -0.4 is 16.2 Å². The van der Waals surface area contributed by atoms with Crippen LogP contribution >= 0.6 is 34.9 Å². The van der Waals surface area contributed by atoms with Crippen molar-refractivity contribution in [3.05, 3.63) is 327 Å². The quantitative estimate of drug-likeness (QED) is 0.0162. The molecule has 4 aliphatic heterocycles. The Labute approximate surface area is 542 Å². The van der Waals surface area contributed by atoms with Gasteiger partial charge in [-0.1, -0.05) is 217 Å². The maximum absolute atomic E-state index is 15.3. The number of carbonyl (C=O) groups is 5. The Balaban J connectivity index is 0.791. The number of amides is 3. The van der Waals surface area contributed by atoms with E-state index in [1.165, 1.54) is 63.2 Å².